The number of anilines is 1. The molecule has 0 saturated heterocycles. The normalized spacial score (nSPS) is 16.7. The van der Waals surface area contributed by atoms with Crippen molar-refractivity contribution in [3.05, 3.63) is 29.3 Å². The number of nitrogens with two attached hydrogens (primary N) is 1. The second-order valence-electron chi connectivity index (χ2n) is 6.90. The van der Waals surface area contributed by atoms with E-state index in [9.17, 15) is 9.59 Å². The van der Waals surface area contributed by atoms with E-state index in [1.54, 1.807) is 0 Å². The summed E-state index contributed by atoms with van der Waals surface area (Å²) in [6.07, 6.45) is 2.93. The maximum absolute atomic E-state index is 12.1. The van der Waals surface area contributed by atoms with Crippen LogP contribution in [0.25, 0.3) is 0 Å². The lowest BCUT2D eigenvalue weighted by Gasteiger charge is -2.27. The van der Waals surface area contributed by atoms with E-state index in [-0.39, 0.29) is 36.8 Å². The van der Waals surface area contributed by atoms with Crippen LogP contribution in [0, 0.1) is 5.41 Å². The Morgan fingerprint density at radius 2 is 2.00 bits per heavy atom. The van der Waals surface area contributed by atoms with Crippen LogP contribution in [0.15, 0.2) is 18.2 Å². The van der Waals surface area contributed by atoms with Gasteiger partial charge in [-0.3, -0.25) is 9.59 Å². The third-order valence-corrected chi connectivity index (χ3v) is 3.91. The Morgan fingerprint density at radius 3 is 2.65 bits per heavy atom. The number of rotatable bonds is 3. The predicted octanol–water partition coefficient (Wildman–Crippen LogP) is 2.35. The van der Waals surface area contributed by atoms with Gasteiger partial charge >= 0.3 is 0 Å². The zero-order valence-electron chi connectivity index (χ0n) is 13.9. The first kappa shape index (κ1) is 19.3. The first-order chi connectivity index (χ1) is 10.3. The standard InChI is InChI=1S/C17H25N3O2.ClH/c1-17(2,3)16(22)19-10-15(21)20-14-6-4-5-11-9-12(18)7-8-13(11)14;/h7-9,14H,4-6,10,18H2,1-3H3,(H,19,22)(H,20,21);1H. The van der Waals surface area contributed by atoms with Gasteiger partial charge in [0.2, 0.25) is 11.8 Å². The van der Waals surface area contributed by atoms with Gasteiger partial charge in [-0.1, -0.05) is 26.8 Å². The molecule has 0 spiro atoms. The molecule has 5 nitrogen and oxygen atoms in total. The molecule has 1 aromatic carbocycles. The largest absolute Gasteiger partial charge is 0.399 e. The number of fused-ring (bicyclic) bond motifs is 1. The first-order valence-electron chi connectivity index (χ1n) is 7.73. The Kier molecular flexibility index (Phi) is 6.45. The van der Waals surface area contributed by atoms with Crippen molar-refractivity contribution in [1.29, 1.82) is 0 Å². The molecule has 1 atom stereocenters. The minimum Gasteiger partial charge on any atom is -0.399 e. The van der Waals surface area contributed by atoms with E-state index >= 15 is 0 Å². The van der Waals surface area contributed by atoms with E-state index in [4.69, 9.17) is 5.73 Å². The van der Waals surface area contributed by atoms with Gasteiger partial charge < -0.3 is 16.4 Å². The second-order valence-corrected chi connectivity index (χ2v) is 6.90. The van der Waals surface area contributed by atoms with Crippen LogP contribution in [-0.2, 0) is 16.0 Å². The number of nitrogen functional groups attached to an aromatic ring is 1. The fraction of sp³-hybridized carbons (Fsp3) is 0.529. The number of hydrogen-bond donors (Lipinski definition) is 3. The minimum atomic E-state index is -0.491. The van der Waals surface area contributed by atoms with Gasteiger partial charge in [0.05, 0.1) is 12.6 Å². The van der Waals surface area contributed by atoms with Crippen LogP contribution in [0.2, 0.25) is 0 Å². The van der Waals surface area contributed by atoms with Crippen molar-refractivity contribution < 1.29 is 9.59 Å². The molecule has 0 saturated carbocycles. The van der Waals surface area contributed by atoms with Crippen molar-refractivity contribution in [1.82, 2.24) is 10.6 Å². The molecule has 0 heterocycles. The Hall–Kier alpha value is -1.75. The molecule has 0 aromatic heterocycles. The van der Waals surface area contributed by atoms with E-state index in [1.165, 1.54) is 5.56 Å². The second kappa shape index (κ2) is 7.68. The Morgan fingerprint density at radius 1 is 1.30 bits per heavy atom. The maximum Gasteiger partial charge on any atom is 0.239 e. The van der Waals surface area contributed by atoms with Crippen LogP contribution < -0.4 is 16.4 Å². The number of hydrogen-bond acceptors (Lipinski definition) is 3. The molecule has 4 N–H and O–H groups in total. The Balaban J connectivity index is 0.00000264. The Bertz CT molecular complexity index is 582. The number of nitrogens with one attached hydrogen (secondary N) is 2. The summed E-state index contributed by atoms with van der Waals surface area (Å²) in [7, 11) is 0. The molecule has 0 aliphatic heterocycles. The fourth-order valence-electron chi connectivity index (χ4n) is 2.66. The average molecular weight is 340 g/mol. The summed E-state index contributed by atoms with van der Waals surface area (Å²) in [5.74, 6) is -0.285. The topological polar surface area (TPSA) is 84.2 Å². The summed E-state index contributed by atoms with van der Waals surface area (Å²) >= 11 is 0. The molecule has 6 heteroatoms. The van der Waals surface area contributed by atoms with Gasteiger partial charge in [0.1, 0.15) is 0 Å². The van der Waals surface area contributed by atoms with Crippen molar-refractivity contribution >= 4 is 29.9 Å². The van der Waals surface area contributed by atoms with Crippen LogP contribution in [0.5, 0.6) is 0 Å². The van der Waals surface area contributed by atoms with Crippen molar-refractivity contribution in [3.8, 4) is 0 Å². The van der Waals surface area contributed by atoms with Crippen molar-refractivity contribution in [2.75, 3.05) is 12.3 Å². The summed E-state index contributed by atoms with van der Waals surface area (Å²) in [4.78, 5) is 23.9. The third kappa shape index (κ3) is 5.13. The molecule has 0 radical (unpaired) electrons. The number of carbonyl (C=O) groups excluding carboxylic acids is 2. The fourth-order valence-corrected chi connectivity index (χ4v) is 2.66. The summed E-state index contributed by atoms with van der Waals surface area (Å²) in [6, 6.07) is 5.84. The molecule has 0 bridgehead atoms. The highest BCUT2D eigenvalue weighted by atomic mass is 35.5. The lowest BCUT2D eigenvalue weighted by molar-refractivity contribution is -0.131. The molecular weight excluding hydrogens is 314 g/mol. The minimum absolute atomic E-state index is 0. The van der Waals surface area contributed by atoms with Crippen molar-refractivity contribution in [2.24, 2.45) is 5.41 Å². The monoisotopic (exact) mass is 339 g/mol. The smallest absolute Gasteiger partial charge is 0.239 e. The maximum atomic E-state index is 12.1. The van der Waals surface area contributed by atoms with E-state index in [0.29, 0.717) is 0 Å². The molecule has 2 rings (SSSR count). The molecule has 1 aliphatic carbocycles. The molecule has 1 aliphatic rings. The first-order valence-corrected chi connectivity index (χ1v) is 7.73. The molecule has 0 fully saturated rings. The van der Waals surface area contributed by atoms with E-state index in [1.807, 2.05) is 39.0 Å². The van der Waals surface area contributed by atoms with Crippen LogP contribution in [-0.4, -0.2) is 18.4 Å². The summed E-state index contributed by atoms with van der Waals surface area (Å²) in [5, 5.41) is 5.68. The lowest BCUT2D eigenvalue weighted by Crippen LogP contribution is -2.43. The van der Waals surface area contributed by atoms with Crippen molar-refractivity contribution in [3.63, 3.8) is 0 Å². The predicted molar refractivity (Wildman–Crippen MR) is 94.4 cm³/mol. The highest BCUT2D eigenvalue weighted by Crippen LogP contribution is 2.30. The van der Waals surface area contributed by atoms with Gasteiger partial charge in [0.25, 0.3) is 0 Å². The molecule has 128 valence electrons. The average Bonchev–Trinajstić information content (AvgIpc) is 2.43. The molecule has 2 amide bonds. The van der Waals surface area contributed by atoms with Crippen LogP contribution in [0.3, 0.4) is 0 Å². The number of carbonyl (C=O) groups is 2. The molecule has 1 aromatic rings. The van der Waals surface area contributed by atoms with E-state index in [2.05, 4.69) is 10.6 Å². The lowest BCUT2D eigenvalue weighted by atomic mass is 9.87. The zero-order valence-corrected chi connectivity index (χ0v) is 14.8. The van der Waals surface area contributed by atoms with Gasteiger partial charge in [-0.25, -0.2) is 0 Å². The van der Waals surface area contributed by atoms with Crippen LogP contribution in [0.1, 0.15) is 50.8 Å². The van der Waals surface area contributed by atoms with Gasteiger partial charge in [0, 0.05) is 11.1 Å². The summed E-state index contributed by atoms with van der Waals surface area (Å²) in [5.41, 5.74) is 8.42. The molecule has 1 unspecified atom stereocenters. The number of aryl methyl sites for hydroxylation is 1. The Labute approximate surface area is 143 Å². The van der Waals surface area contributed by atoms with Gasteiger partial charge in [-0.05, 0) is 42.5 Å². The van der Waals surface area contributed by atoms with Gasteiger partial charge in [0.15, 0.2) is 0 Å². The summed E-state index contributed by atoms with van der Waals surface area (Å²) in [6.45, 7) is 5.48. The highest BCUT2D eigenvalue weighted by Gasteiger charge is 2.24. The summed E-state index contributed by atoms with van der Waals surface area (Å²) < 4.78 is 0. The quantitative estimate of drug-likeness (QED) is 0.739. The SMILES string of the molecule is CC(C)(C)C(=O)NCC(=O)NC1CCCc2cc(N)ccc21.Cl. The van der Waals surface area contributed by atoms with Crippen LogP contribution in [0.4, 0.5) is 5.69 Å². The van der Waals surface area contributed by atoms with E-state index in [0.717, 1.165) is 30.5 Å². The highest BCUT2D eigenvalue weighted by molar-refractivity contribution is 5.87. The third-order valence-electron chi connectivity index (χ3n) is 3.91. The zero-order chi connectivity index (χ0) is 16.3. The number of halogens is 1. The van der Waals surface area contributed by atoms with Gasteiger partial charge in [-0.2, -0.15) is 0 Å². The van der Waals surface area contributed by atoms with Crippen LogP contribution >= 0.6 is 12.4 Å². The number of benzene rings is 1. The number of amides is 2. The van der Waals surface area contributed by atoms with Crippen molar-refractivity contribution in [2.45, 2.75) is 46.1 Å². The molecule has 23 heavy (non-hydrogen) atoms. The molecular formula is C17H26ClN3O2. The van der Waals surface area contributed by atoms with E-state index < -0.39 is 5.41 Å². The van der Waals surface area contributed by atoms with Gasteiger partial charge in [-0.15, -0.1) is 12.4 Å².